The molecule has 0 aliphatic rings. The molecule has 508 valence electrons. The van der Waals surface area contributed by atoms with E-state index in [0.717, 1.165) is 187 Å². The molecule has 0 radical (unpaired) electrons. The van der Waals surface area contributed by atoms with Gasteiger partial charge in [0.1, 0.15) is 22.3 Å². The first-order valence-corrected chi connectivity index (χ1v) is 37.3. The van der Waals surface area contributed by atoms with Crippen molar-refractivity contribution in [1.29, 1.82) is 0 Å². The largest absolute Gasteiger partial charge is 0.455 e. The summed E-state index contributed by atoms with van der Waals surface area (Å²) >= 11 is 0. The Morgan fingerprint density at radius 1 is 0.209 bits per heavy atom. The zero-order valence-electron chi connectivity index (χ0n) is 58.7. The van der Waals surface area contributed by atoms with E-state index >= 15 is 0 Å². The molecule has 110 heavy (non-hydrogen) atoms. The van der Waals surface area contributed by atoms with Crippen molar-refractivity contribution in [3.63, 3.8) is 0 Å². The van der Waals surface area contributed by atoms with Crippen molar-refractivity contribution in [2.24, 2.45) is 0 Å². The number of furan rings is 2. The molecule has 0 fully saturated rings. The summed E-state index contributed by atoms with van der Waals surface area (Å²) in [6, 6.07) is 122. The zero-order valence-corrected chi connectivity index (χ0v) is 58.7. The predicted molar refractivity (Wildman–Crippen MR) is 453 cm³/mol. The van der Waals surface area contributed by atoms with Crippen molar-refractivity contribution >= 4 is 185 Å². The van der Waals surface area contributed by atoms with Crippen molar-refractivity contribution < 1.29 is 8.83 Å². The molecule has 10 heteroatoms. The lowest BCUT2D eigenvalue weighted by Crippen LogP contribution is -2.04. The normalized spacial score (nSPS) is 12.4. The lowest BCUT2D eigenvalue weighted by molar-refractivity contribution is 0.669. The maximum atomic E-state index is 7.30. The summed E-state index contributed by atoms with van der Waals surface area (Å²) in [6.07, 6.45) is 0. The van der Waals surface area contributed by atoms with Crippen LogP contribution in [-0.4, -0.2) is 38.2 Å². The van der Waals surface area contributed by atoms with Gasteiger partial charge in [-0.05, 0) is 153 Å². The maximum Gasteiger partial charge on any atom is 0.235 e. The molecule has 0 saturated carbocycles. The molecule has 0 amide bonds. The molecule has 17 aromatic carbocycles. The van der Waals surface area contributed by atoms with Crippen LogP contribution in [0.5, 0.6) is 0 Å². The van der Waals surface area contributed by atoms with Crippen molar-refractivity contribution in [2.75, 3.05) is 0 Å². The van der Waals surface area contributed by atoms with Crippen LogP contribution in [0.25, 0.3) is 242 Å². The van der Waals surface area contributed by atoms with Crippen LogP contribution in [0.15, 0.2) is 349 Å². The Morgan fingerprint density at radius 2 is 0.591 bits per heavy atom. The van der Waals surface area contributed by atoms with Crippen molar-refractivity contribution in [2.45, 2.75) is 0 Å². The lowest BCUT2D eigenvalue weighted by atomic mass is 9.97. The van der Waals surface area contributed by atoms with Crippen molar-refractivity contribution in [3.05, 3.63) is 340 Å². The molecule has 25 rings (SSSR count). The molecule has 0 unspecified atom stereocenters. The fourth-order valence-electron chi connectivity index (χ4n) is 18.5. The molecule has 0 atom stereocenters. The first-order chi connectivity index (χ1) is 54.5. The monoisotopic (exact) mass is 1400 g/mol. The minimum absolute atomic E-state index is 0.558. The average Bonchev–Trinajstić information content (AvgIpc) is 1.57. The van der Waals surface area contributed by atoms with Crippen LogP contribution in [0.1, 0.15) is 0 Å². The highest BCUT2D eigenvalue weighted by Gasteiger charge is 2.27. The van der Waals surface area contributed by atoms with E-state index in [2.05, 4.69) is 346 Å². The minimum Gasteiger partial charge on any atom is -0.455 e. The van der Waals surface area contributed by atoms with Crippen molar-refractivity contribution in [3.8, 4) is 56.9 Å². The van der Waals surface area contributed by atoms with E-state index in [4.69, 9.17) is 28.8 Å². The molecular formula is C100H56N8O2. The Labute approximate surface area is 625 Å². The van der Waals surface area contributed by atoms with Gasteiger partial charge >= 0.3 is 0 Å². The number of para-hydroxylation sites is 8. The van der Waals surface area contributed by atoms with Crippen LogP contribution in [0, 0.1) is 0 Å². The van der Waals surface area contributed by atoms with Crippen molar-refractivity contribution in [1.82, 2.24) is 38.2 Å². The van der Waals surface area contributed by atoms with E-state index in [9.17, 15) is 0 Å². The topological polar surface area (TPSA) is 97.6 Å². The van der Waals surface area contributed by atoms with E-state index < -0.39 is 0 Å². The number of nitrogens with zero attached hydrogens (tertiary/aromatic N) is 8. The van der Waals surface area contributed by atoms with Gasteiger partial charge in [0.05, 0.1) is 66.6 Å². The molecule has 0 aliphatic carbocycles. The molecular weight excluding hydrogens is 1350 g/mol. The number of fused-ring (bicyclic) bond motifs is 26. The second-order valence-electron chi connectivity index (χ2n) is 29.1. The van der Waals surface area contributed by atoms with Crippen LogP contribution in [0.3, 0.4) is 0 Å². The minimum atomic E-state index is 0.558. The van der Waals surface area contributed by atoms with E-state index in [1.807, 2.05) is 12.1 Å². The summed E-state index contributed by atoms with van der Waals surface area (Å²) in [4.78, 5) is 22.5. The fraction of sp³-hybridized carbons (Fsp3) is 0. The molecule has 10 nitrogen and oxygen atoms in total. The van der Waals surface area contributed by atoms with Crippen LogP contribution in [0.4, 0.5) is 0 Å². The third-order valence-corrected chi connectivity index (χ3v) is 23.4. The molecule has 0 N–H and O–H groups in total. The smallest absolute Gasteiger partial charge is 0.235 e. The molecule has 0 aliphatic heterocycles. The Kier molecular flexibility index (Phi) is 12.0. The molecule has 25 aromatic rings. The third kappa shape index (κ3) is 8.30. The van der Waals surface area contributed by atoms with Crippen LogP contribution < -0.4 is 0 Å². The van der Waals surface area contributed by atoms with Gasteiger partial charge in [-0.1, -0.05) is 231 Å². The van der Waals surface area contributed by atoms with Gasteiger partial charge in [-0.15, -0.1) is 0 Å². The highest BCUT2D eigenvalue weighted by atomic mass is 16.3. The van der Waals surface area contributed by atoms with Gasteiger partial charge in [-0.3, -0.25) is 9.13 Å². The molecule has 0 saturated heterocycles. The Hall–Kier alpha value is -15.0. The third-order valence-electron chi connectivity index (χ3n) is 23.4. The molecule has 8 heterocycles. The SMILES string of the molecule is c1ccc2c(c1)ccc1c2c2ccccc2n1-c1ccc2c3c4ccccc4ccc3n(-c3nc(-c4cccc5c4oc4cc(-c6ccc7ccc8c(c7c6)c6ccc(-n7c9ccccc9c9ccccc97)cc6n8-c6nc(-c7cccc8c7oc7ccccc78)c7ccccc7n6)ccc45)c4ccccc4n3)c2c1. The predicted octanol–water partition coefficient (Wildman–Crippen LogP) is 26.2. The summed E-state index contributed by atoms with van der Waals surface area (Å²) in [5, 5.41) is 22.3. The van der Waals surface area contributed by atoms with Crippen LogP contribution >= 0.6 is 0 Å². The summed E-state index contributed by atoms with van der Waals surface area (Å²) in [5.74, 6) is 1.13. The summed E-state index contributed by atoms with van der Waals surface area (Å²) < 4.78 is 23.4. The van der Waals surface area contributed by atoms with Gasteiger partial charge in [0, 0.05) is 97.9 Å². The number of aromatic nitrogens is 8. The average molecular weight is 1400 g/mol. The summed E-state index contributed by atoms with van der Waals surface area (Å²) in [7, 11) is 0. The van der Waals surface area contributed by atoms with Gasteiger partial charge in [-0.2, -0.15) is 0 Å². The Balaban J connectivity index is 0.667. The van der Waals surface area contributed by atoms with Crippen LogP contribution in [0.2, 0.25) is 0 Å². The van der Waals surface area contributed by atoms with E-state index in [1.165, 1.54) is 43.1 Å². The van der Waals surface area contributed by atoms with E-state index in [-0.39, 0.29) is 0 Å². The van der Waals surface area contributed by atoms with Gasteiger partial charge in [0.15, 0.2) is 0 Å². The number of benzene rings is 17. The molecule has 0 bridgehead atoms. The second kappa shape index (κ2) is 22.3. The summed E-state index contributed by atoms with van der Waals surface area (Å²) in [6.45, 7) is 0. The van der Waals surface area contributed by atoms with Crippen LogP contribution in [-0.2, 0) is 0 Å². The highest BCUT2D eigenvalue weighted by molar-refractivity contribution is 6.26. The fourth-order valence-corrected chi connectivity index (χ4v) is 18.5. The highest BCUT2D eigenvalue weighted by Crippen LogP contribution is 2.47. The van der Waals surface area contributed by atoms with E-state index in [1.54, 1.807) is 0 Å². The Bertz CT molecular complexity index is 8340. The first-order valence-electron chi connectivity index (χ1n) is 37.3. The van der Waals surface area contributed by atoms with Gasteiger partial charge in [0.25, 0.3) is 0 Å². The lowest BCUT2D eigenvalue weighted by Gasteiger charge is -2.13. The zero-order chi connectivity index (χ0) is 71.6. The summed E-state index contributed by atoms with van der Waals surface area (Å²) in [5.41, 5.74) is 20.9. The second-order valence-corrected chi connectivity index (χ2v) is 29.1. The van der Waals surface area contributed by atoms with Gasteiger partial charge in [-0.25, -0.2) is 19.9 Å². The number of hydrogen-bond acceptors (Lipinski definition) is 6. The number of rotatable bonds is 7. The van der Waals surface area contributed by atoms with Gasteiger partial charge in [0.2, 0.25) is 11.9 Å². The Morgan fingerprint density at radius 3 is 1.16 bits per heavy atom. The van der Waals surface area contributed by atoms with E-state index in [0.29, 0.717) is 11.9 Å². The van der Waals surface area contributed by atoms with Gasteiger partial charge < -0.3 is 18.0 Å². The number of hydrogen-bond donors (Lipinski definition) is 0. The maximum absolute atomic E-state index is 7.30. The first kappa shape index (κ1) is 59.3. The molecule has 0 spiro atoms. The standard InChI is InChI=1S/C100H56N8O2/c1-3-21-64-57(19-1)42-50-85-92(64)74-28-9-15-37-84(74)106(85)63-46-48-75-88(56-63)107(86-51-43-58-20-2-4-22-65(58)93(75)86)99-101-81-34-12-6-27-73(81)96(104-99)78-32-18-30-71-69-47-41-61(54-91(69)110-98(71)78)60-40-39-59-44-52-87-94(79(59)53-60)76-49-45-62(105-82-35-13-7-23-66(82)67-24-8-14-36-83(67)105)55-89(76)108(87)100-102-80-33-11-5-26-72(80)95(103-100)77-31-17-29-70-68-25-10-16-38-90(68)109-97(70)77/h1-56H. The quantitative estimate of drug-likeness (QED) is 0.158. The molecule has 8 aromatic heterocycles.